The molecule has 4 nitrogen and oxygen atoms in total. The number of hydrogen-bond donors (Lipinski definition) is 2. The molecule has 0 aromatic carbocycles. The smallest absolute Gasteiger partial charge is 0.191 e. The van der Waals surface area contributed by atoms with E-state index in [1.165, 1.54) is 12.8 Å². The Morgan fingerprint density at radius 1 is 1.33 bits per heavy atom. The summed E-state index contributed by atoms with van der Waals surface area (Å²) in [5, 5.41) is 3.41. The summed E-state index contributed by atoms with van der Waals surface area (Å²) in [4.78, 5) is 6.64. The SMILES string of the molecule is CC1CCN(C(N)=NCCNC(C)(C)C)CC1.I. The van der Waals surface area contributed by atoms with Crippen molar-refractivity contribution in [1.29, 1.82) is 0 Å². The van der Waals surface area contributed by atoms with Gasteiger partial charge in [-0.15, -0.1) is 24.0 Å². The molecule has 0 amide bonds. The Bertz CT molecular complexity index is 252. The van der Waals surface area contributed by atoms with Crippen molar-refractivity contribution < 1.29 is 0 Å². The molecule has 1 heterocycles. The predicted molar refractivity (Wildman–Crippen MR) is 89.6 cm³/mol. The number of guanidine groups is 1. The lowest BCUT2D eigenvalue weighted by molar-refractivity contribution is 0.277. The first-order chi connectivity index (χ1) is 7.88. The van der Waals surface area contributed by atoms with Crippen LogP contribution in [0.5, 0.6) is 0 Å². The molecular weight excluding hydrogens is 339 g/mol. The van der Waals surface area contributed by atoms with E-state index in [2.05, 4.69) is 42.9 Å². The summed E-state index contributed by atoms with van der Waals surface area (Å²) in [6.45, 7) is 12.5. The van der Waals surface area contributed by atoms with Crippen LogP contribution in [0, 0.1) is 5.92 Å². The van der Waals surface area contributed by atoms with E-state index >= 15 is 0 Å². The van der Waals surface area contributed by atoms with Crippen LogP contribution >= 0.6 is 24.0 Å². The average molecular weight is 368 g/mol. The zero-order valence-corrected chi connectivity index (χ0v) is 14.5. The van der Waals surface area contributed by atoms with Crippen molar-refractivity contribution >= 4 is 29.9 Å². The maximum Gasteiger partial charge on any atom is 0.191 e. The van der Waals surface area contributed by atoms with Crippen LogP contribution in [-0.4, -0.2) is 42.6 Å². The van der Waals surface area contributed by atoms with Crippen LogP contribution in [0.4, 0.5) is 0 Å². The highest BCUT2D eigenvalue weighted by Gasteiger charge is 2.16. The van der Waals surface area contributed by atoms with E-state index in [4.69, 9.17) is 5.73 Å². The highest BCUT2D eigenvalue weighted by atomic mass is 127. The number of halogens is 1. The highest BCUT2D eigenvalue weighted by molar-refractivity contribution is 14.0. The normalized spacial score (nSPS) is 18.7. The average Bonchev–Trinajstić information content (AvgIpc) is 2.24. The van der Waals surface area contributed by atoms with Crippen molar-refractivity contribution in [3.63, 3.8) is 0 Å². The summed E-state index contributed by atoms with van der Waals surface area (Å²) >= 11 is 0. The van der Waals surface area contributed by atoms with Crippen LogP contribution in [-0.2, 0) is 0 Å². The third-order valence-corrected chi connectivity index (χ3v) is 3.15. The van der Waals surface area contributed by atoms with E-state index in [0.29, 0.717) is 5.96 Å². The van der Waals surface area contributed by atoms with Crippen LogP contribution in [0.15, 0.2) is 4.99 Å². The van der Waals surface area contributed by atoms with E-state index in [9.17, 15) is 0 Å². The van der Waals surface area contributed by atoms with Gasteiger partial charge in [0, 0.05) is 25.2 Å². The van der Waals surface area contributed by atoms with Gasteiger partial charge in [0.1, 0.15) is 0 Å². The topological polar surface area (TPSA) is 53.6 Å². The molecule has 0 aromatic heterocycles. The molecule has 1 aliphatic rings. The van der Waals surface area contributed by atoms with Crippen molar-refractivity contribution in [1.82, 2.24) is 10.2 Å². The molecular formula is C13H29IN4. The highest BCUT2D eigenvalue weighted by Crippen LogP contribution is 2.15. The van der Waals surface area contributed by atoms with Crippen LogP contribution in [0.1, 0.15) is 40.5 Å². The third-order valence-electron chi connectivity index (χ3n) is 3.15. The van der Waals surface area contributed by atoms with Gasteiger partial charge in [0.15, 0.2) is 5.96 Å². The molecule has 3 N–H and O–H groups in total. The van der Waals surface area contributed by atoms with Crippen LogP contribution in [0.25, 0.3) is 0 Å². The minimum Gasteiger partial charge on any atom is -0.370 e. The molecule has 0 unspecified atom stereocenters. The second-order valence-electron chi connectivity index (χ2n) is 6.09. The molecule has 1 rings (SSSR count). The Hall–Kier alpha value is -0.0400. The summed E-state index contributed by atoms with van der Waals surface area (Å²) in [6.07, 6.45) is 2.47. The van der Waals surface area contributed by atoms with Crippen LogP contribution < -0.4 is 11.1 Å². The van der Waals surface area contributed by atoms with Gasteiger partial charge in [-0.05, 0) is 39.5 Å². The fourth-order valence-corrected chi connectivity index (χ4v) is 1.94. The molecule has 0 spiro atoms. The minimum absolute atomic E-state index is 0. The third kappa shape index (κ3) is 7.41. The molecule has 5 heteroatoms. The van der Waals surface area contributed by atoms with Gasteiger partial charge >= 0.3 is 0 Å². The maximum absolute atomic E-state index is 5.99. The van der Waals surface area contributed by atoms with Gasteiger partial charge in [-0.3, -0.25) is 4.99 Å². The van der Waals surface area contributed by atoms with E-state index < -0.39 is 0 Å². The van der Waals surface area contributed by atoms with Crippen molar-refractivity contribution in [2.24, 2.45) is 16.6 Å². The van der Waals surface area contributed by atoms with Crippen molar-refractivity contribution in [3.8, 4) is 0 Å². The number of rotatable bonds is 3. The van der Waals surface area contributed by atoms with Gasteiger partial charge in [-0.1, -0.05) is 6.92 Å². The fourth-order valence-electron chi connectivity index (χ4n) is 1.94. The van der Waals surface area contributed by atoms with E-state index in [1.807, 2.05) is 0 Å². The molecule has 0 aliphatic carbocycles. The van der Waals surface area contributed by atoms with E-state index in [1.54, 1.807) is 0 Å². The molecule has 1 saturated heterocycles. The molecule has 108 valence electrons. The van der Waals surface area contributed by atoms with Gasteiger partial charge in [-0.2, -0.15) is 0 Å². The summed E-state index contributed by atoms with van der Waals surface area (Å²) in [5.74, 6) is 1.55. The number of hydrogen-bond acceptors (Lipinski definition) is 2. The van der Waals surface area contributed by atoms with Gasteiger partial charge in [0.05, 0.1) is 6.54 Å². The molecule has 18 heavy (non-hydrogen) atoms. The number of aliphatic imine (C=N–C) groups is 1. The van der Waals surface area contributed by atoms with Crippen LogP contribution in [0.2, 0.25) is 0 Å². The van der Waals surface area contributed by atoms with Gasteiger partial charge in [0.2, 0.25) is 0 Å². The first-order valence-corrected chi connectivity index (χ1v) is 6.68. The first-order valence-electron chi connectivity index (χ1n) is 6.68. The molecule has 0 aromatic rings. The fraction of sp³-hybridized carbons (Fsp3) is 0.923. The Morgan fingerprint density at radius 2 is 1.89 bits per heavy atom. The van der Waals surface area contributed by atoms with E-state index in [-0.39, 0.29) is 29.5 Å². The van der Waals surface area contributed by atoms with Crippen molar-refractivity contribution in [3.05, 3.63) is 0 Å². The summed E-state index contributed by atoms with van der Waals surface area (Å²) in [6, 6.07) is 0. The Morgan fingerprint density at radius 3 is 2.39 bits per heavy atom. The largest absolute Gasteiger partial charge is 0.370 e. The minimum atomic E-state index is 0. The van der Waals surface area contributed by atoms with Crippen molar-refractivity contribution in [2.75, 3.05) is 26.2 Å². The molecule has 1 aliphatic heterocycles. The summed E-state index contributed by atoms with van der Waals surface area (Å²) in [7, 11) is 0. The zero-order valence-electron chi connectivity index (χ0n) is 12.2. The standard InChI is InChI=1S/C13H28N4.HI/c1-11-5-9-17(10-6-11)12(14)15-7-8-16-13(2,3)4;/h11,16H,5-10H2,1-4H3,(H2,14,15);1H. The molecule has 0 bridgehead atoms. The lowest BCUT2D eigenvalue weighted by atomic mass is 10.00. The van der Waals surface area contributed by atoms with Gasteiger partial charge in [-0.25, -0.2) is 0 Å². The molecule has 0 atom stereocenters. The second-order valence-corrected chi connectivity index (χ2v) is 6.09. The van der Waals surface area contributed by atoms with Gasteiger partial charge < -0.3 is 16.0 Å². The van der Waals surface area contributed by atoms with Gasteiger partial charge in [0.25, 0.3) is 0 Å². The number of nitrogens with two attached hydrogens (primary N) is 1. The number of piperidine rings is 1. The molecule has 0 radical (unpaired) electrons. The monoisotopic (exact) mass is 368 g/mol. The first kappa shape index (κ1) is 18.0. The van der Waals surface area contributed by atoms with Crippen LogP contribution in [0.3, 0.4) is 0 Å². The quantitative estimate of drug-likeness (QED) is 0.347. The maximum atomic E-state index is 5.99. The predicted octanol–water partition coefficient (Wildman–Crippen LogP) is 2.04. The lowest BCUT2D eigenvalue weighted by Crippen LogP contribution is -2.43. The zero-order chi connectivity index (χ0) is 12.9. The Balaban J connectivity index is 0.00000289. The summed E-state index contributed by atoms with van der Waals surface area (Å²) < 4.78 is 0. The number of nitrogens with one attached hydrogen (secondary N) is 1. The second kappa shape index (κ2) is 8.19. The number of likely N-dealkylation sites (tertiary alicyclic amines) is 1. The molecule has 0 saturated carbocycles. The van der Waals surface area contributed by atoms with Crippen molar-refractivity contribution in [2.45, 2.75) is 46.1 Å². The molecule has 1 fully saturated rings. The van der Waals surface area contributed by atoms with E-state index in [0.717, 1.165) is 32.1 Å². The summed E-state index contributed by atoms with van der Waals surface area (Å²) in [5.41, 5.74) is 6.15. The Kier molecular flexibility index (Phi) is 8.18. The Labute approximate surface area is 129 Å². The lowest BCUT2D eigenvalue weighted by Gasteiger charge is -2.31. The number of nitrogens with zero attached hydrogens (tertiary/aromatic N) is 2.